The third-order valence-electron chi connectivity index (χ3n) is 5.42. The summed E-state index contributed by atoms with van der Waals surface area (Å²) in [5, 5.41) is 3.50. The van der Waals surface area contributed by atoms with E-state index in [-0.39, 0.29) is 16.3 Å². The van der Waals surface area contributed by atoms with Gasteiger partial charge in [-0.1, -0.05) is 18.6 Å². The molecule has 1 aromatic heterocycles. The molecular weight excluding hydrogens is 404 g/mol. The van der Waals surface area contributed by atoms with Gasteiger partial charge in [-0.25, -0.2) is 8.42 Å². The van der Waals surface area contributed by atoms with Gasteiger partial charge in [0.1, 0.15) is 16.2 Å². The fourth-order valence-electron chi connectivity index (χ4n) is 3.76. The Labute approximate surface area is 175 Å². The molecule has 30 heavy (non-hydrogen) atoms. The van der Waals surface area contributed by atoms with Gasteiger partial charge in [-0.2, -0.15) is 4.31 Å². The fourth-order valence-corrected chi connectivity index (χ4v) is 5.43. The maximum atomic E-state index is 13.1. The van der Waals surface area contributed by atoms with Gasteiger partial charge in [-0.05, 0) is 50.1 Å². The van der Waals surface area contributed by atoms with Crippen molar-refractivity contribution in [1.82, 2.24) is 4.31 Å². The normalized spacial score (nSPS) is 15.3. The largest absolute Gasteiger partial charge is 0.497 e. The number of nitrogens with zero attached hydrogens (tertiary/aromatic N) is 1. The molecule has 1 aliphatic rings. The number of piperidine rings is 1. The zero-order valence-electron chi connectivity index (χ0n) is 17.0. The van der Waals surface area contributed by atoms with Gasteiger partial charge >= 0.3 is 0 Å². The van der Waals surface area contributed by atoms with Crippen LogP contribution in [-0.4, -0.2) is 38.8 Å². The number of anilines is 1. The summed E-state index contributed by atoms with van der Waals surface area (Å²) in [6.45, 7) is 2.78. The first-order valence-electron chi connectivity index (χ1n) is 9.89. The van der Waals surface area contributed by atoms with Crippen molar-refractivity contribution < 1.29 is 22.4 Å². The van der Waals surface area contributed by atoms with Crippen molar-refractivity contribution in [3.8, 4) is 5.75 Å². The molecule has 1 amide bonds. The van der Waals surface area contributed by atoms with E-state index in [2.05, 4.69) is 5.32 Å². The smallest absolute Gasteiger partial charge is 0.291 e. The minimum Gasteiger partial charge on any atom is -0.497 e. The van der Waals surface area contributed by atoms with Crippen molar-refractivity contribution in [1.29, 1.82) is 0 Å². The number of aryl methyl sites for hydroxylation is 1. The lowest BCUT2D eigenvalue weighted by atomic mass is 10.1. The Balaban J connectivity index is 1.66. The van der Waals surface area contributed by atoms with Crippen LogP contribution in [0.15, 0.2) is 51.8 Å². The number of amides is 1. The molecule has 0 saturated carbocycles. The third-order valence-corrected chi connectivity index (χ3v) is 7.37. The molecule has 3 aromatic rings. The molecule has 0 atom stereocenters. The summed E-state index contributed by atoms with van der Waals surface area (Å²) in [7, 11) is -2.12. The van der Waals surface area contributed by atoms with E-state index in [0.717, 1.165) is 24.6 Å². The maximum absolute atomic E-state index is 13.1. The predicted molar refractivity (Wildman–Crippen MR) is 115 cm³/mol. The van der Waals surface area contributed by atoms with E-state index in [1.807, 2.05) is 0 Å². The Hall–Kier alpha value is -2.84. The predicted octanol–water partition coefficient (Wildman–Crippen LogP) is 4.18. The average Bonchev–Trinajstić information content (AvgIpc) is 3.10. The summed E-state index contributed by atoms with van der Waals surface area (Å²) in [6.07, 6.45) is 2.71. The second-order valence-electron chi connectivity index (χ2n) is 7.33. The number of rotatable bonds is 5. The lowest BCUT2D eigenvalue weighted by Gasteiger charge is -2.26. The van der Waals surface area contributed by atoms with E-state index in [0.29, 0.717) is 30.0 Å². The van der Waals surface area contributed by atoms with E-state index in [1.165, 1.54) is 10.4 Å². The summed E-state index contributed by atoms with van der Waals surface area (Å²) in [4.78, 5) is 13.1. The second-order valence-corrected chi connectivity index (χ2v) is 9.24. The topological polar surface area (TPSA) is 88.8 Å². The van der Waals surface area contributed by atoms with Crippen LogP contribution in [-0.2, 0) is 10.0 Å². The number of carbonyl (C=O) groups excluding carboxylic acids is 1. The second kappa shape index (κ2) is 8.12. The number of fused-ring (bicyclic) bond motifs is 1. The highest BCUT2D eigenvalue weighted by Crippen LogP contribution is 2.31. The number of methoxy groups -OCH3 is 1. The fraction of sp³-hybridized carbons (Fsp3) is 0.318. The van der Waals surface area contributed by atoms with Gasteiger partial charge in [0, 0.05) is 24.0 Å². The van der Waals surface area contributed by atoms with Crippen LogP contribution in [0.25, 0.3) is 11.0 Å². The van der Waals surface area contributed by atoms with Crippen LogP contribution in [0.1, 0.15) is 35.4 Å². The molecule has 8 heteroatoms. The van der Waals surface area contributed by atoms with Crippen LogP contribution in [0.3, 0.4) is 0 Å². The van der Waals surface area contributed by atoms with Gasteiger partial charge in [-0.3, -0.25) is 4.79 Å². The quantitative estimate of drug-likeness (QED) is 0.659. The molecular formula is C22H24N2O5S. The highest BCUT2D eigenvalue weighted by molar-refractivity contribution is 7.89. The van der Waals surface area contributed by atoms with Crippen molar-refractivity contribution in [2.24, 2.45) is 0 Å². The number of hydrogen-bond acceptors (Lipinski definition) is 5. The van der Waals surface area contributed by atoms with Crippen LogP contribution < -0.4 is 10.1 Å². The monoisotopic (exact) mass is 428 g/mol. The van der Waals surface area contributed by atoms with Crippen LogP contribution >= 0.6 is 0 Å². The number of furan rings is 1. The first kappa shape index (κ1) is 20.4. The SMILES string of the molecule is COc1ccc2oc(C(=O)Nc3ccccc3S(=O)(=O)N3CCCCC3)c(C)c2c1. The van der Waals surface area contributed by atoms with E-state index >= 15 is 0 Å². The molecule has 0 radical (unpaired) electrons. The number of ether oxygens (including phenoxy) is 1. The van der Waals surface area contributed by atoms with Crippen molar-refractivity contribution in [3.63, 3.8) is 0 Å². The van der Waals surface area contributed by atoms with Gasteiger partial charge in [0.05, 0.1) is 12.8 Å². The summed E-state index contributed by atoms with van der Waals surface area (Å²) < 4.78 is 38.8. The van der Waals surface area contributed by atoms with Gasteiger partial charge in [0.15, 0.2) is 5.76 Å². The molecule has 7 nitrogen and oxygen atoms in total. The average molecular weight is 429 g/mol. The van der Waals surface area contributed by atoms with Gasteiger partial charge in [-0.15, -0.1) is 0 Å². The van der Waals surface area contributed by atoms with Crippen molar-refractivity contribution in [2.75, 3.05) is 25.5 Å². The number of hydrogen-bond donors (Lipinski definition) is 1. The zero-order valence-corrected chi connectivity index (χ0v) is 17.8. The summed E-state index contributed by atoms with van der Waals surface area (Å²) in [5.74, 6) is 0.309. The van der Waals surface area contributed by atoms with Crippen LogP contribution in [0.2, 0.25) is 0 Å². The Morgan fingerprint density at radius 1 is 1.10 bits per heavy atom. The minimum absolute atomic E-state index is 0.0932. The van der Waals surface area contributed by atoms with Crippen LogP contribution in [0.5, 0.6) is 5.75 Å². The molecule has 1 aliphatic heterocycles. The lowest BCUT2D eigenvalue weighted by Crippen LogP contribution is -2.36. The Morgan fingerprint density at radius 2 is 1.83 bits per heavy atom. The highest BCUT2D eigenvalue weighted by Gasteiger charge is 2.29. The molecule has 4 rings (SSSR count). The van der Waals surface area contributed by atoms with E-state index in [9.17, 15) is 13.2 Å². The molecule has 158 valence electrons. The molecule has 2 heterocycles. The van der Waals surface area contributed by atoms with Crippen molar-refractivity contribution in [2.45, 2.75) is 31.1 Å². The van der Waals surface area contributed by atoms with E-state index < -0.39 is 15.9 Å². The number of nitrogens with one attached hydrogen (secondary N) is 1. The molecule has 1 N–H and O–H groups in total. The summed E-state index contributed by atoms with van der Waals surface area (Å²) >= 11 is 0. The Kier molecular flexibility index (Phi) is 5.53. The minimum atomic E-state index is -3.69. The first-order valence-corrected chi connectivity index (χ1v) is 11.3. The first-order chi connectivity index (χ1) is 14.4. The van der Waals surface area contributed by atoms with E-state index in [4.69, 9.17) is 9.15 Å². The van der Waals surface area contributed by atoms with Gasteiger partial charge in [0.25, 0.3) is 5.91 Å². The maximum Gasteiger partial charge on any atom is 0.291 e. The number of carbonyl (C=O) groups is 1. The summed E-state index contributed by atoms with van der Waals surface area (Å²) in [6, 6.07) is 11.8. The van der Waals surface area contributed by atoms with Gasteiger partial charge in [0.2, 0.25) is 10.0 Å². The summed E-state index contributed by atoms with van der Waals surface area (Å²) in [5.41, 5.74) is 1.47. The highest BCUT2D eigenvalue weighted by atomic mass is 32.2. The third kappa shape index (κ3) is 3.68. The van der Waals surface area contributed by atoms with Crippen LogP contribution in [0.4, 0.5) is 5.69 Å². The zero-order chi connectivity index (χ0) is 21.3. The molecule has 0 spiro atoms. The molecule has 0 bridgehead atoms. The standard InChI is InChI=1S/C22H24N2O5S/c1-15-17-14-16(28-2)10-11-19(17)29-21(15)22(25)23-18-8-4-5-9-20(18)30(26,27)24-12-6-3-7-13-24/h4-5,8-11,14H,3,6-7,12-13H2,1-2H3,(H,23,25). The lowest BCUT2D eigenvalue weighted by molar-refractivity contribution is 0.0997. The molecule has 0 unspecified atom stereocenters. The molecule has 1 fully saturated rings. The van der Waals surface area contributed by atoms with E-state index in [1.54, 1.807) is 50.4 Å². The number of sulfonamides is 1. The number of para-hydroxylation sites is 1. The number of benzene rings is 2. The molecule has 2 aromatic carbocycles. The van der Waals surface area contributed by atoms with Crippen molar-refractivity contribution >= 4 is 32.6 Å². The van der Waals surface area contributed by atoms with Crippen LogP contribution in [0, 0.1) is 6.92 Å². The molecule has 0 aliphatic carbocycles. The molecule has 1 saturated heterocycles. The van der Waals surface area contributed by atoms with Gasteiger partial charge < -0.3 is 14.5 Å². The van der Waals surface area contributed by atoms with Crippen molar-refractivity contribution in [3.05, 3.63) is 53.8 Å². The Morgan fingerprint density at radius 3 is 2.57 bits per heavy atom. The Bertz CT molecular complexity index is 1190.